The predicted octanol–water partition coefficient (Wildman–Crippen LogP) is 2.04. The second-order valence-corrected chi connectivity index (χ2v) is 5.44. The molecule has 0 unspecified atom stereocenters. The summed E-state index contributed by atoms with van der Waals surface area (Å²) in [4.78, 5) is 38.7. The highest BCUT2D eigenvalue weighted by molar-refractivity contribution is 6.02. The van der Waals surface area contributed by atoms with Crippen LogP contribution in [-0.2, 0) is 4.74 Å². The first-order valence-corrected chi connectivity index (χ1v) is 7.64. The average Bonchev–Trinajstić information content (AvgIpc) is 2.93. The van der Waals surface area contributed by atoms with E-state index in [1.54, 1.807) is 38.1 Å². The largest absolute Gasteiger partial charge is 0.485 e. The summed E-state index contributed by atoms with van der Waals surface area (Å²) in [6.45, 7) is 3.15. The first-order valence-electron chi connectivity index (χ1n) is 7.64. The number of carbonyl (C=O) groups excluding carboxylic acids is 3. The van der Waals surface area contributed by atoms with Gasteiger partial charge in [-0.25, -0.2) is 4.79 Å². The van der Waals surface area contributed by atoms with Crippen LogP contribution in [0.5, 0.6) is 5.75 Å². The van der Waals surface area contributed by atoms with E-state index in [1.807, 2.05) is 0 Å². The van der Waals surface area contributed by atoms with Gasteiger partial charge in [-0.2, -0.15) is 0 Å². The average molecular weight is 344 g/mol. The molecule has 0 aliphatic rings. The zero-order valence-electron chi connectivity index (χ0n) is 14.6. The van der Waals surface area contributed by atoms with Crippen molar-refractivity contribution in [2.24, 2.45) is 0 Å². The number of methoxy groups -OCH3 is 1. The van der Waals surface area contributed by atoms with E-state index < -0.39 is 5.97 Å². The van der Waals surface area contributed by atoms with Gasteiger partial charge in [-0.05, 0) is 37.6 Å². The molecular weight excluding hydrogens is 324 g/mol. The SMILES string of the molecule is CNC(=O)c1cccc(OCC(=O)c2[nH]c(C)c(C(=O)OC)c2C)c1. The van der Waals surface area contributed by atoms with Gasteiger partial charge in [0.1, 0.15) is 5.75 Å². The summed E-state index contributed by atoms with van der Waals surface area (Å²) < 4.78 is 10.2. The Hall–Kier alpha value is -3.09. The van der Waals surface area contributed by atoms with E-state index in [0.717, 1.165) is 0 Å². The molecule has 0 radical (unpaired) electrons. The van der Waals surface area contributed by atoms with E-state index in [0.29, 0.717) is 33.8 Å². The molecule has 0 bridgehead atoms. The summed E-state index contributed by atoms with van der Waals surface area (Å²) in [5, 5.41) is 2.52. The number of ketones is 1. The fourth-order valence-electron chi connectivity index (χ4n) is 2.53. The number of Topliss-reactive ketones (excluding diaryl/α,β-unsaturated/α-hetero) is 1. The Morgan fingerprint density at radius 2 is 1.92 bits per heavy atom. The van der Waals surface area contributed by atoms with Crippen molar-refractivity contribution in [3.05, 3.63) is 52.3 Å². The molecule has 0 fully saturated rings. The van der Waals surface area contributed by atoms with Crippen molar-refractivity contribution in [3.63, 3.8) is 0 Å². The molecule has 0 saturated carbocycles. The van der Waals surface area contributed by atoms with Crippen LogP contribution in [0.3, 0.4) is 0 Å². The maximum absolute atomic E-state index is 12.4. The Bertz CT molecular complexity index is 823. The molecule has 0 aliphatic heterocycles. The lowest BCUT2D eigenvalue weighted by Crippen LogP contribution is -2.18. The van der Waals surface area contributed by atoms with Crippen molar-refractivity contribution in [1.29, 1.82) is 0 Å². The lowest BCUT2D eigenvalue weighted by atomic mass is 10.1. The highest BCUT2D eigenvalue weighted by Crippen LogP contribution is 2.20. The zero-order chi connectivity index (χ0) is 18.6. The summed E-state index contributed by atoms with van der Waals surface area (Å²) >= 11 is 0. The number of amides is 1. The molecule has 1 aromatic heterocycles. The maximum atomic E-state index is 12.4. The smallest absolute Gasteiger partial charge is 0.339 e. The third kappa shape index (κ3) is 3.88. The lowest BCUT2D eigenvalue weighted by molar-refractivity contribution is 0.0599. The summed E-state index contributed by atoms with van der Waals surface area (Å²) in [7, 11) is 2.83. The summed E-state index contributed by atoms with van der Waals surface area (Å²) in [5.41, 5.74) is 2.19. The van der Waals surface area contributed by atoms with Gasteiger partial charge in [-0.3, -0.25) is 9.59 Å². The van der Waals surface area contributed by atoms with Crippen molar-refractivity contribution >= 4 is 17.7 Å². The summed E-state index contributed by atoms with van der Waals surface area (Å²) in [6, 6.07) is 6.53. The van der Waals surface area contributed by atoms with Crippen LogP contribution in [0.4, 0.5) is 0 Å². The molecule has 25 heavy (non-hydrogen) atoms. The Kier molecular flexibility index (Phi) is 5.59. The van der Waals surface area contributed by atoms with Crippen molar-refractivity contribution in [2.45, 2.75) is 13.8 Å². The standard InChI is InChI=1S/C18H20N2O5/c1-10-15(18(23)24-4)11(2)20-16(10)14(21)9-25-13-7-5-6-12(8-13)17(22)19-3/h5-8,20H,9H2,1-4H3,(H,19,22). The number of benzene rings is 1. The molecule has 0 atom stereocenters. The second-order valence-electron chi connectivity index (χ2n) is 5.44. The molecule has 2 aromatic rings. The lowest BCUT2D eigenvalue weighted by Gasteiger charge is -2.07. The van der Waals surface area contributed by atoms with Gasteiger partial charge in [0.05, 0.1) is 18.4 Å². The number of aryl methyl sites for hydroxylation is 1. The highest BCUT2D eigenvalue weighted by Gasteiger charge is 2.22. The third-order valence-electron chi connectivity index (χ3n) is 3.80. The zero-order valence-corrected chi connectivity index (χ0v) is 14.6. The van der Waals surface area contributed by atoms with E-state index in [-0.39, 0.29) is 18.3 Å². The van der Waals surface area contributed by atoms with Gasteiger partial charge in [0, 0.05) is 18.3 Å². The van der Waals surface area contributed by atoms with E-state index in [4.69, 9.17) is 9.47 Å². The van der Waals surface area contributed by atoms with Gasteiger partial charge >= 0.3 is 5.97 Å². The van der Waals surface area contributed by atoms with Gasteiger partial charge in [-0.1, -0.05) is 6.07 Å². The van der Waals surface area contributed by atoms with Crippen LogP contribution in [0, 0.1) is 13.8 Å². The molecule has 2 N–H and O–H groups in total. The molecule has 132 valence electrons. The topological polar surface area (TPSA) is 97.5 Å². The maximum Gasteiger partial charge on any atom is 0.339 e. The van der Waals surface area contributed by atoms with Gasteiger partial charge < -0.3 is 19.8 Å². The first-order chi connectivity index (χ1) is 11.9. The molecule has 7 nitrogen and oxygen atoms in total. The van der Waals surface area contributed by atoms with Crippen LogP contribution in [0.1, 0.15) is 42.5 Å². The quantitative estimate of drug-likeness (QED) is 0.617. The van der Waals surface area contributed by atoms with Gasteiger partial charge in [0.15, 0.2) is 6.61 Å². The molecular formula is C18H20N2O5. The number of aromatic amines is 1. The van der Waals surface area contributed by atoms with Gasteiger partial charge in [-0.15, -0.1) is 0 Å². The summed E-state index contributed by atoms with van der Waals surface area (Å²) in [5.74, 6) is -0.635. The Labute approximate surface area is 145 Å². The number of hydrogen-bond acceptors (Lipinski definition) is 5. The Morgan fingerprint density at radius 1 is 1.20 bits per heavy atom. The molecule has 0 spiro atoms. The van der Waals surface area contributed by atoms with E-state index in [2.05, 4.69) is 10.3 Å². The molecule has 7 heteroatoms. The molecule has 0 aliphatic carbocycles. The van der Waals surface area contributed by atoms with Crippen molar-refractivity contribution in [1.82, 2.24) is 10.3 Å². The molecule has 0 saturated heterocycles. The van der Waals surface area contributed by atoms with Gasteiger partial charge in [0.2, 0.25) is 5.78 Å². The number of H-pyrrole nitrogens is 1. The van der Waals surface area contributed by atoms with Crippen LogP contribution >= 0.6 is 0 Å². The third-order valence-corrected chi connectivity index (χ3v) is 3.80. The van der Waals surface area contributed by atoms with Crippen LogP contribution in [0.15, 0.2) is 24.3 Å². The normalized spacial score (nSPS) is 10.2. The van der Waals surface area contributed by atoms with Crippen LogP contribution in [0.2, 0.25) is 0 Å². The molecule has 1 heterocycles. The number of carbonyl (C=O) groups is 3. The Balaban J connectivity index is 2.14. The molecule has 2 rings (SSSR count). The van der Waals surface area contributed by atoms with E-state index in [9.17, 15) is 14.4 Å². The van der Waals surface area contributed by atoms with E-state index >= 15 is 0 Å². The minimum Gasteiger partial charge on any atom is -0.485 e. The minimum absolute atomic E-state index is 0.224. The van der Waals surface area contributed by atoms with Crippen molar-refractivity contribution in [2.75, 3.05) is 20.8 Å². The van der Waals surface area contributed by atoms with Crippen molar-refractivity contribution < 1.29 is 23.9 Å². The number of nitrogens with one attached hydrogen (secondary N) is 2. The second kappa shape index (κ2) is 7.65. The van der Waals surface area contributed by atoms with Crippen LogP contribution < -0.4 is 10.1 Å². The fourth-order valence-corrected chi connectivity index (χ4v) is 2.53. The molecule has 1 aromatic carbocycles. The fraction of sp³-hybridized carbons (Fsp3) is 0.278. The number of rotatable bonds is 6. The molecule has 1 amide bonds. The minimum atomic E-state index is -0.496. The van der Waals surface area contributed by atoms with Crippen LogP contribution in [-0.4, -0.2) is 43.4 Å². The Morgan fingerprint density at radius 3 is 2.56 bits per heavy atom. The van der Waals surface area contributed by atoms with E-state index in [1.165, 1.54) is 14.2 Å². The number of aromatic nitrogens is 1. The number of esters is 1. The number of hydrogen-bond donors (Lipinski definition) is 2. The van der Waals surface area contributed by atoms with Gasteiger partial charge in [0.25, 0.3) is 5.91 Å². The number of ether oxygens (including phenoxy) is 2. The van der Waals surface area contributed by atoms with Crippen LogP contribution in [0.25, 0.3) is 0 Å². The summed E-state index contributed by atoms with van der Waals surface area (Å²) in [6.07, 6.45) is 0. The van der Waals surface area contributed by atoms with Crippen molar-refractivity contribution in [3.8, 4) is 5.75 Å². The monoisotopic (exact) mass is 344 g/mol. The highest BCUT2D eigenvalue weighted by atomic mass is 16.5. The predicted molar refractivity (Wildman–Crippen MR) is 91.3 cm³/mol. The first kappa shape index (κ1) is 18.3.